The van der Waals surface area contributed by atoms with Gasteiger partial charge in [0.15, 0.2) is 11.5 Å². The molecular weight excluding hydrogens is 326 g/mol. The standard InChI is InChI=1S/C21H23N3O2/c1-3-7-17(15-8-5-4-6-9-15)23-21-14-22-13-18(24-21)16-10-11-19(25)20(12-16)26-2/h4-6,8-14,17,25H,3,7H2,1-2H3,(H,23,24). The number of benzene rings is 2. The summed E-state index contributed by atoms with van der Waals surface area (Å²) < 4.78 is 5.18. The number of hydrogen-bond donors (Lipinski definition) is 2. The molecule has 0 radical (unpaired) electrons. The summed E-state index contributed by atoms with van der Waals surface area (Å²) in [5.74, 6) is 1.23. The maximum atomic E-state index is 9.77. The number of rotatable bonds is 7. The van der Waals surface area contributed by atoms with E-state index in [-0.39, 0.29) is 11.8 Å². The van der Waals surface area contributed by atoms with Gasteiger partial charge < -0.3 is 15.2 Å². The van der Waals surface area contributed by atoms with Crippen LogP contribution in [0, 0.1) is 0 Å². The van der Waals surface area contributed by atoms with E-state index in [0.717, 1.165) is 29.9 Å². The zero-order valence-electron chi connectivity index (χ0n) is 15.0. The minimum absolute atomic E-state index is 0.102. The van der Waals surface area contributed by atoms with E-state index in [0.29, 0.717) is 5.75 Å². The number of phenolic OH excluding ortho intramolecular Hbond substituents is 1. The van der Waals surface area contributed by atoms with Crippen LogP contribution in [0.25, 0.3) is 11.3 Å². The van der Waals surface area contributed by atoms with E-state index >= 15 is 0 Å². The molecule has 134 valence electrons. The van der Waals surface area contributed by atoms with E-state index in [1.54, 1.807) is 30.6 Å². The van der Waals surface area contributed by atoms with Gasteiger partial charge >= 0.3 is 0 Å². The van der Waals surface area contributed by atoms with Crippen molar-refractivity contribution in [1.82, 2.24) is 9.97 Å². The molecule has 0 amide bonds. The smallest absolute Gasteiger partial charge is 0.161 e. The molecule has 0 saturated heterocycles. The summed E-state index contributed by atoms with van der Waals surface area (Å²) >= 11 is 0. The third-order valence-electron chi connectivity index (χ3n) is 4.21. The van der Waals surface area contributed by atoms with Crippen LogP contribution in [0.1, 0.15) is 31.4 Å². The Morgan fingerprint density at radius 3 is 2.65 bits per heavy atom. The molecule has 26 heavy (non-hydrogen) atoms. The monoisotopic (exact) mass is 349 g/mol. The lowest BCUT2D eigenvalue weighted by Crippen LogP contribution is -2.12. The number of aromatic hydroxyl groups is 1. The summed E-state index contributed by atoms with van der Waals surface area (Å²) in [4.78, 5) is 9.00. The second kappa shape index (κ2) is 8.34. The fraction of sp³-hybridized carbons (Fsp3) is 0.238. The van der Waals surface area contributed by atoms with Crippen molar-refractivity contribution in [2.45, 2.75) is 25.8 Å². The number of hydrogen-bond acceptors (Lipinski definition) is 5. The Kier molecular flexibility index (Phi) is 5.69. The Hall–Kier alpha value is -3.08. The van der Waals surface area contributed by atoms with Gasteiger partial charge in [-0.3, -0.25) is 4.98 Å². The molecule has 1 aromatic heterocycles. The molecule has 1 heterocycles. The van der Waals surface area contributed by atoms with Crippen molar-refractivity contribution in [1.29, 1.82) is 0 Å². The molecule has 0 saturated carbocycles. The molecule has 0 spiro atoms. The van der Waals surface area contributed by atoms with Crippen LogP contribution in [0.4, 0.5) is 5.82 Å². The number of anilines is 1. The lowest BCUT2D eigenvalue weighted by molar-refractivity contribution is 0.373. The fourth-order valence-corrected chi connectivity index (χ4v) is 2.89. The predicted octanol–water partition coefficient (Wildman–Crippen LogP) is 4.81. The van der Waals surface area contributed by atoms with E-state index in [1.165, 1.54) is 12.7 Å². The average Bonchev–Trinajstić information content (AvgIpc) is 2.69. The van der Waals surface area contributed by atoms with Crippen molar-refractivity contribution in [3.05, 3.63) is 66.5 Å². The molecule has 2 aromatic carbocycles. The first-order valence-electron chi connectivity index (χ1n) is 8.72. The van der Waals surface area contributed by atoms with Crippen molar-refractivity contribution < 1.29 is 9.84 Å². The molecule has 3 rings (SSSR count). The Bertz CT molecular complexity index is 853. The quantitative estimate of drug-likeness (QED) is 0.640. The first-order valence-corrected chi connectivity index (χ1v) is 8.72. The van der Waals surface area contributed by atoms with E-state index in [1.807, 2.05) is 18.2 Å². The minimum Gasteiger partial charge on any atom is -0.504 e. The van der Waals surface area contributed by atoms with Crippen molar-refractivity contribution in [2.24, 2.45) is 0 Å². The van der Waals surface area contributed by atoms with Gasteiger partial charge in [-0.1, -0.05) is 43.7 Å². The van der Waals surface area contributed by atoms with Gasteiger partial charge in [-0.2, -0.15) is 0 Å². The molecule has 2 N–H and O–H groups in total. The lowest BCUT2D eigenvalue weighted by Gasteiger charge is -2.19. The Morgan fingerprint density at radius 2 is 1.92 bits per heavy atom. The predicted molar refractivity (Wildman–Crippen MR) is 103 cm³/mol. The van der Waals surface area contributed by atoms with Gasteiger partial charge in [0.25, 0.3) is 0 Å². The largest absolute Gasteiger partial charge is 0.504 e. The topological polar surface area (TPSA) is 67.3 Å². The Labute approximate surface area is 153 Å². The second-order valence-electron chi connectivity index (χ2n) is 6.07. The van der Waals surface area contributed by atoms with Crippen LogP contribution in [0.5, 0.6) is 11.5 Å². The molecule has 3 aromatic rings. The number of aromatic nitrogens is 2. The summed E-state index contributed by atoms with van der Waals surface area (Å²) in [7, 11) is 1.53. The summed E-state index contributed by atoms with van der Waals surface area (Å²) in [6.07, 6.45) is 5.50. The van der Waals surface area contributed by atoms with Gasteiger partial charge in [-0.15, -0.1) is 0 Å². The molecule has 0 bridgehead atoms. The number of nitrogens with one attached hydrogen (secondary N) is 1. The van der Waals surface area contributed by atoms with Crippen LogP contribution in [-0.4, -0.2) is 22.2 Å². The van der Waals surface area contributed by atoms with Gasteiger partial charge in [-0.05, 0) is 30.2 Å². The van der Waals surface area contributed by atoms with Gasteiger partial charge in [0.1, 0.15) is 5.82 Å². The number of nitrogens with zero attached hydrogens (tertiary/aromatic N) is 2. The van der Waals surface area contributed by atoms with Crippen molar-refractivity contribution in [3.8, 4) is 22.8 Å². The zero-order chi connectivity index (χ0) is 18.4. The molecule has 5 nitrogen and oxygen atoms in total. The highest BCUT2D eigenvalue weighted by molar-refractivity contribution is 5.64. The lowest BCUT2D eigenvalue weighted by atomic mass is 10.0. The molecule has 0 aliphatic rings. The zero-order valence-corrected chi connectivity index (χ0v) is 15.0. The van der Waals surface area contributed by atoms with Crippen molar-refractivity contribution in [3.63, 3.8) is 0 Å². The molecule has 0 fully saturated rings. The summed E-state index contributed by atoms with van der Waals surface area (Å²) in [5.41, 5.74) is 2.78. The van der Waals surface area contributed by atoms with Crippen LogP contribution in [0.2, 0.25) is 0 Å². The van der Waals surface area contributed by atoms with Crippen LogP contribution in [0.3, 0.4) is 0 Å². The van der Waals surface area contributed by atoms with E-state index in [2.05, 4.69) is 34.3 Å². The number of phenols is 1. The normalized spacial score (nSPS) is 11.8. The molecule has 1 atom stereocenters. The molecule has 1 unspecified atom stereocenters. The highest BCUT2D eigenvalue weighted by Crippen LogP contribution is 2.31. The fourth-order valence-electron chi connectivity index (χ4n) is 2.89. The van der Waals surface area contributed by atoms with Crippen molar-refractivity contribution in [2.75, 3.05) is 12.4 Å². The van der Waals surface area contributed by atoms with Crippen LogP contribution < -0.4 is 10.1 Å². The number of methoxy groups -OCH3 is 1. The molecule has 0 aliphatic carbocycles. The summed E-state index contributed by atoms with van der Waals surface area (Å²) in [6.45, 7) is 2.17. The SMILES string of the molecule is CCCC(Nc1cncc(-c2ccc(O)c(OC)c2)n1)c1ccccc1. The van der Waals surface area contributed by atoms with Crippen LogP contribution in [-0.2, 0) is 0 Å². The highest BCUT2D eigenvalue weighted by atomic mass is 16.5. The Morgan fingerprint density at radius 1 is 1.12 bits per heavy atom. The van der Waals surface area contributed by atoms with E-state index in [9.17, 15) is 5.11 Å². The third kappa shape index (κ3) is 4.11. The van der Waals surface area contributed by atoms with Gasteiger partial charge in [0.2, 0.25) is 0 Å². The minimum atomic E-state index is 0.102. The summed E-state index contributed by atoms with van der Waals surface area (Å²) in [6, 6.07) is 15.7. The van der Waals surface area contributed by atoms with Crippen LogP contribution in [0.15, 0.2) is 60.9 Å². The van der Waals surface area contributed by atoms with Gasteiger partial charge in [-0.25, -0.2) is 4.98 Å². The van der Waals surface area contributed by atoms with Crippen molar-refractivity contribution >= 4 is 5.82 Å². The van der Waals surface area contributed by atoms with E-state index < -0.39 is 0 Å². The Balaban J connectivity index is 1.86. The van der Waals surface area contributed by atoms with E-state index in [4.69, 9.17) is 4.74 Å². The highest BCUT2D eigenvalue weighted by Gasteiger charge is 2.12. The van der Waals surface area contributed by atoms with Crippen LogP contribution >= 0.6 is 0 Å². The molecule has 0 aliphatic heterocycles. The first kappa shape index (κ1) is 17.7. The maximum absolute atomic E-state index is 9.77. The summed E-state index contributed by atoms with van der Waals surface area (Å²) in [5, 5.41) is 13.3. The number of ether oxygens (including phenoxy) is 1. The third-order valence-corrected chi connectivity index (χ3v) is 4.21. The van der Waals surface area contributed by atoms with Gasteiger partial charge in [0.05, 0.1) is 31.2 Å². The second-order valence-corrected chi connectivity index (χ2v) is 6.07. The van der Waals surface area contributed by atoms with Gasteiger partial charge in [0, 0.05) is 5.56 Å². The molecule has 5 heteroatoms. The maximum Gasteiger partial charge on any atom is 0.161 e. The molecular formula is C21H23N3O2. The average molecular weight is 349 g/mol. The first-order chi connectivity index (χ1) is 12.7.